The first-order valence-corrected chi connectivity index (χ1v) is 8.61. The number of H-pyrrole nitrogens is 1. The molecule has 0 spiro atoms. The van der Waals surface area contributed by atoms with Crippen molar-refractivity contribution in [2.75, 3.05) is 11.9 Å². The van der Waals surface area contributed by atoms with E-state index in [1.807, 2.05) is 42.5 Å². The number of fused-ring (bicyclic) bond motifs is 1. The van der Waals surface area contributed by atoms with Crippen molar-refractivity contribution in [1.29, 1.82) is 0 Å². The van der Waals surface area contributed by atoms with Gasteiger partial charge < -0.3 is 10.1 Å². The molecular formula is C18H18BrN3O2. The van der Waals surface area contributed by atoms with Gasteiger partial charge >= 0.3 is 0 Å². The van der Waals surface area contributed by atoms with Crippen molar-refractivity contribution < 1.29 is 9.53 Å². The first-order chi connectivity index (χ1) is 11.7. The minimum Gasteiger partial charge on any atom is -0.494 e. The number of ether oxygens (including phenoxy) is 1. The summed E-state index contributed by atoms with van der Waals surface area (Å²) in [7, 11) is 0. The fourth-order valence-corrected chi connectivity index (χ4v) is 2.62. The Kier molecular flexibility index (Phi) is 5.48. The summed E-state index contributed by atoms with van der Waals surface area (Å²) in [4.78, 5) is 12.0. The van der Waals surface area contributed by atoms with Crippen LogP contribution in [0.15, 0.2) is 53.1 Å². The molecule has 0 bridgehead atoms. The molecule has 124 valence electrons. The molecule has 2 N–H and O–H groups in total. The SMILES string of the molecule is O=C(CCCCOc1ccc(Br)cc1)Nc1ccc2[nH]ncc2c1. The Morgan fingerprint density at radius 3 is 2.83 bits per heavy atom. The molecule has 0 atom stereocenters. The molecule has 3 aromatic rings. The van der Waals surface area contributed by atoms with Crippen molar-refractivity contribution in [3.05, 3.63) is 53.1 Å². The largest absolute Gasteiger partial charge is 0.494 e. The minimum atomic E-state index is 0.0153. The van der Waals surface area contributed by atoms with E-state index in [0.717, 1.165) is 39.7 Å². The third-order valence-corrected chi connectivity index (χ3v) is 4.13. The average molecular weight is 388 g/mol. The molecule has 1 heterocycles. The number of unbranched alkanes of at least 4 members (excludes halogenated alkanes) is 1. The zero-order valence-corrected chi connectivity index (χ0v) is 14.7. The van der Waals surface area contributed by atoms with Gasteiger partial charge in [-0.05, 0) is 55.3 Å². The maximum Gasteiger partial charge on any atom is 0.224 e. The van der Waals surface area contributed by atoms with Gasteiger partial charge in [-0.3, -0.25) is 9.89 Å². The summed E-state index contributed by atoms with van der Waals surface area (Å²) in [6, 6.07) is 13.4. The number of aromatic nitrogens is 2. The Hall–Kier alpha value is -2.34. The van der Waals surface area contributed by atoms with Gasteiger partial charge in [0.2, 0.25) is 5.91 Å². The Bertz CT molecular complexity index is 815. The van der Waals surface area contributed by atoms with Gasteiger partial charge in [-0.1, -0.05) is 15.9 Å². The van der Waals surface area contributed by atoms with Gasteiger partial charge in [-0.25, -0.2) is 0 Å². The monoisotopic (exact) mass is 387 g/mol. The van der Waals surface area contributed by atoms with Gasteiger partial charge in [0, 0.05) is 22.0 Å². The second-order valence-corrected chi connectivity index (χ2v) is 6.40. The van der Waals surface area contributed by atoms with Crippen molar-refractivity contribution in [2.45, 2.75) is 19.3 Å². The molecule has 0 saturated heterocycles. The Balaban J connectivity index is 1.37. The van der Waals surface area contributed by atoms with E-state index in [1.165, 1.54) is 0 Å². The molecule has 1 amide bonds. The van der Waals surface area contributed by atoms with E-state index in [-0.39, 0.29) is 5.91 Å². The fourth-order valence-electron chi connectivity index (χ4n) is 2.35. The zero-order chi connectivity index (χ0) is 16.8. The summed E-state index contributed by atoms with van der Waals surface area (Å²) in [5.41, 5.74) is 1.75. The van der Waals surface area contributed by atoms with Crippen LogP contribution in [0, 0.1) is 0 Å². The van der Waals surface area contributed by atoms with Crippen LogP contribution in [-0.4, -0.2) is 22.7 Å². The average Bonchev–Trinajstić information content (AvgIpc) is 3.04. The number of halogens is 1. The summed E-state index contributed by atoms with van der Waals surface area (Å²) in [6.07, 6.45) is 3.85. The highest BCUT2D eigenvalue weighted by atomic mass is 79.9. The molecule has 0 aliphatic rings. The molecule has 0 radical (unpaired) electrons. The van der Waals surface area contributed by atoms with Crippen molar-refractivity contribution in [1.82, 2.24) is 10.2 Å². The number of benzene rings is 2. The van der Waals surface area contributed by atoms with Crippen LogP contribution in [0.1, 0.15) is 19.3 Å². The number of anilines is 1. The molecule has 2 aromatic carbocycles. The lowest BCUT2D eigenvalue weighted by Crippen LogP contribution is -2.11. The number of amides is 1. The highest BCUT2D eigenvalue weighted by Crippen LogP contribution is 2.18. The normalized spacial score (nSPS) is 10.7. The second kappa shape index (κ2) is 7.97. The van der Waals surface area contributed by atoms with Crippen LogP contribution < -0.4 is 10.1 Å². The molecule has 6 heteroatoms. The fraction of sp³-hybridized carbons (Fsp3) is 0.222. The third-order valence-electron chi connectivity index (χ3n) is 3.60. The van der Waals surface area contributed by atoms with Crippen LogP contribution in [0.5, 0.6) is 5.75 Å². The Morgan fingerprint density at radius 1 is 1.17 bits per heavy atom. The van der Waals surface area contributed by atoms with E-state index in [4.69, 9.17) is 4.74 Å². The number of rotatable bonds is 7. The first-order valence-electron chi connectivity index (χ1n) is 7.82. The standard InChI is InChI=1S/C18H18BrN3O2/c19-14-4-7-16(8-5-14)24-10-2-1-3-18(23)21-15-6-9-17-13(11-15)12-20-22-17/h4-9,11-12H,1-3,10H2,(H,20,22)(H,21,23). The maximum atomic E-state index is 12.0. The van der Waals surface area contributed by atoms with E-state index < -0.39 is 0 Å². The van der Waals surface area contributed by atoms with Crippen LogP contribution in [0.25, 0.3) is 10.9 Å². The van der Waals surface area contributed by atoms with Gasteiger partial charge in [0.05, 0.1) is 18.3 Å². The lowest BCUT2D eigenvalue weighted by molar-refractivity contribution is -0.116. The molecule has 0 aliphatic heterocycles. The molecule has 0 unspecified atom stereocenters. The first kappa shape index (κ1) is 16.5. The highest BCUT2D eigenvalue weighted by molar-refractivity contribution is 9.10. The van der Waals surface area contributed by atoms with E-state index in [2.05, 4.69) is 31.4 Å². The topological polar surface area (TPSA) is 67.0 Å². The number of hydrogen-bond acceptors (Lipinski definition) is 3. The predicted octanol–water partition coefficient (Wildman–Crippen LogP) is 4.51. The van der Waals surface area contributed by atoms with Gasteiger partial charge in [0.25, 0.3) is 0 Å². The van der Waals surface area contributed by atoms with Gasteiger partial charge in [0.15, 0.2) is 0 Å². The van der Waals surface area contributed by atoms with Crippen LogP contribution in [-0.2, 0) is 4.79 Å². The van der Waals surface area contributed by atoms with E-state index in [1.54, 1.807) is 6.20 Å². The summed E-state index contributed by atoms with van der Waals surface area (Å²) >= 11 is 3.39. The summed E-state index contributed by atoms with van der Waals surface area (Å²) in [5, 5.41) is 10.7. The van der Waals surface area contributed by atoms with E-state index >= 15 is 0 Å². The maximum absolute atomic E-state index is 12.0. The number of carbonyl (C=O) groups is 1. The Labute approximate surface area is 148 Å². The summed E-state index contributed by atoms with van der Waals surface area (Å²) in [6.45, 7) is 0.607. The third kappa shape index (κ3) is 4.58. The summed E-state index contributed by atoms with van der Waals surface area (Å²) < 4.78 is 6.67. The molecule has 0 saturated carbocycles. The van der Waals surface area contributed by atoms with Crippen molar-refractivity contribution >= 4 is 38.4 Å². The lowest BCUT2D eigenvalue weighted by Gasteiger charge is -2.07. The molecule has 1 aromatic heterocycles. The number of aromatic amines is 1. The van der Waals surface area contributed by atoms with Gasteiger partial charge in [-0.15, -0.1) is 0 Å². The van der Waals surface area contributed by atoms with Gasteiger partial charge in [-0.2, -0.15) is 5.10 Å². The molecule has 0 fully saturated rings. The molecule has 0 aliphatic carbocycles. The summed E-state index contributed by atoms with van der Waals surface area (Å²) in [5.74, 6) is 0.859. The van der Waals surface area contributed by atoms with Crippen LogP contribution in [0.2, 0.25) is 0 Å². The lowest BCUT2D eigenvalue weighted by atomic mass is 10.2. The molecule has 24 heavy (non-hydrogen) atoms. The van der Waals surface area contributed by atoms with Crippen molar-refractivity contribution in [2.24, 2.45) is 0 Å². The van der Waals surface area contributed by atoms with Crippen LogP contribution >= 0.6 is 15.9 Å². The van der Waals surface area contributed by atoms with E-state index in [9.17, 15) is 4.79 Å². The molecular weight excluding hydrogens is 370 g/mol. The number of carbonyl (C=O) groups excluding carboxylic acids is 1. The smallest absolute Gasteiger partial charge is 0.224 e. The number of nitrogens with zero attached hydrogens (tertiary/aromatic N) is 1. The van der Waals surface area contributed by atoms with Crippen molar-refractivity contribution in [3.63, 3.8) is 0 Å². The van der Waals surface area contributed by atoms with Crippen molar-refractivity contribution in [3.8, 4) is 5.75 Å². The Morgan fingerprint density at radius 2 is 2.00 bits per heavy atom. The minimum absolute atomic E-state index is 0.0153. The highest BCUT2D eigenvalue weighted by Gasteiger charge is 2.04. The molecule has 3 rings (SSSR count). The zero-order valence-electron chi connectivity index (χ0n) is 13.1. The second-order valence-electron chi connectivity index (χ2n) is 5.48. The number of hydrogen-bond donors (Lipinski definition) is 2. The van der Waals surface area contributed by atoms with Crippen LogP contribution in [0.4, 0.5) is 5.69 Å². The number of nitrogens with one attached hydrogen (secondary N) is 2. The van der Waals surface area contributed by atoms with Crippen LogP contribution in [0.3, 0.4) is 0 Å². The predicted molar refractivity (Wildman–Crippen MR) is 98.2 cm³/mol. The van der Waals surface area contributed by atoms with E-state index in [0.29, 0.717) is 13.0 Å². The van der Waals surface area contributed by atoms with Gasteiger partial charge in [0.1, 0.15) is 5.75 Å². The molecule has 5 nitrogen and oxygen atoms in total. The quantitative estimate of drug-likeness (QED) is 0.585.